The minimum absolute atomic E-state index is 0.0214. The van der Waals surface area contributed by atoms with Gasteiger partial charge in [-0.1, -0.05) is 27.7 Å². The van der Waals surface area contributed by atoms with Crippen LogP contribution >= 0.6 is 0 Å². The molecule has 2 heterocycles. The van der Waals surface area contributed by atoms with Crippen molar-refractivity contribution in [2.24, 2.45) is 17.8 Å². The fourth-order valence-corrected chi connectivity index (χ4v) is 3.91. The maximum Gasteiger partial charge on any atom is 0.100 e. The third-order valence-electron chi connectivity index (χ3n) is 4.28. The van der Waals surface area contributed by atoms with Crippen LogP contribution in [0.15, 0.2) is 0 Å². The normalized spacial score (nSPS) is 47.2. The largest absolute Gasteiger partial charge is 0.369 e. The van der Waals surface area contributed by atoms with Crippen molar-refractivity contribution >= 4 is 0 Å². The van der Waals surface area contributed by atoms with E-state index in [0.717, 1.165) is 6.42 Å². The van der Waals surface area contributed by atoms with Gasteiger partial charge in [0.25, 0.3) is 0 Å². The van der Waals surface area contributed by atoms with Gasteiger partial charge >= 0.3 is 0 Å². The third-order valence-corrected chi connectivity index (χ3v) is 4.28. The van der Waals surface area contributed by atoms with E-state index in [-0.39, 0.29) is 17.8 Å². The Morgan fingerprint density at radius 3 is 2.25 bits per heavy atom. The van der Waals surface area contributed by atoms with Gasteiger partial charge in [-0.25, -0.2) is 0 Å². The molecule has 0 radical (unpaired) electrons. The van der Waals surface area contributed by atoms with Gasteiger partial charge in [-0.15, -0.1) is 0 Å². The summed E-state index contributed by atoms with van der Waals surface area (Å²) in [5.74, 6) is 1.87. The second kappa shape index (κ2) is 3.99. The van der Waals surface area contributed by atoms with Gasteiger partial charge in [-0.2, -0.15) is 0 Å². The highest BCUT2D eigenvalue weighted by Crippen LogP contribution is 2.54. The van der Waals surface area contributed by atoms with E-state index in [1.54, 1.807) is 0 Å². The number of ether oxygens (including phenoxy) is 2. The van der Waals surface area contributed by atoms with E-state index >= 15 is 0 Å². The van der Waals surface area contributed by atoms with E-state index < -0.39 is 0 Å². The first-order valence-electron chi connectivity index (χ1n) is 6.71. The molecule has 0 unspecified atom stereocenters. The molecule has 2 saturated heterocycles. The molecule has 0 aromatic rings. The molecule has 16 heavy (non-hydrogen) atoms. The van der Waals surface area contributed by atoms with Crippen LogP contribution < -0.4 is 0 Å². The summed E-state index contributed by atoms with van der Waals surface area (Å²) >= 11 is 0. The van der Waals surface area contributed by atoms with Gasteiger partial charge in [0, 0.05) is 5.92 Å². The van der Waals surface area contributed by atoms with Crippen molar-refractivity contribution in [3.05, 3.63) is 0 Å². The summed E-state index contributed by atoms with van der Waals surface area (Å²) in [6, 6.07) is 0. The summed E-state index contributed by atoms with van der Waals surface area (Å²) in [5, 5.41) is 0. The molecule has 2 nitrogen and oxygen atoms in total. The molecule has 0 aromatic heterocycles. The maximum absolute atomic E-state index is 6.32. The van der Waals surface area contributed by atoms with E-state index in [1.807, 2.05) is 0 Å². The molecule has 2 bridgehead atoms. The number of hydrogen-bond donors (Lipinski definition) is 0. The average molecular weight is 226 g/mol. The van der Waals surface area contributed by atoms with Crippen molar-refractivity contribution in [1.29, 1.82) is 0 Å². The summed E-state index contributed by atoms with van der Waals surface area (Å²) in [6.45, 7) is 13.5. The van der Waals surface area contributed by atoms with Crippen LogP contribution in [0.4, 0.5) is 0 Å². The van der Waals surface area contributed by atoms with Crippen molar-refractivity contribution in [3.63, 3.8) is 0 Å². The summed E-state index contributed by atoms with van der Waals surface area (Å²) < 4.78 is 12.4. The summed E-state index contributed by atoms with van der Waals surface area (Å²) in [4.78, 5) is 0. The zero-order chi connectivity index (χ0) is 12.1. The van der Waals surface area contributed by atoms with Gasteiger partial charge in [-0.05, 0) is 32.1 Å². The van der Waals surface area contributed by atoms with Crippen molar-refractivity contribution in [3.8, 4) is 0 Å². The summed E-state index contributed by atoms with van der Waals surface area (Å²) in [7, 11) is 0. The Kier molecular flexibility index (Phi) is 3.09. The Hall–Kier alpha value is -0.0800. The number of hydrogen-bond acceptors (Lipinski definition) is 2. The first-order valence-corrected chi connectivity index (χ1v) is 6.71. The molecule has 2 fully saturated rings. The molecule has 0 spiro atoms. The van der Waals surface area contributed by atoms with Crippen LogP contribution in [0.2, 0.25) is 0 Å². The SMILES string of the molecule is CC(C)C[C@]12O[C@@H](C)[C@H](O[C@H]1C)[C@@H]2C(C)C. The molecule has 0 aromatic carbocycles. The van der Waals surface area contributed by atoms with Gasteiger partial charge in [0.1, 0.15) is 5.60 Å². The second-order valence-corrected chi connectivity index (χ2v) is 6.39. The minimum atomic E-state index is -0.0214. The van der Waals surface area contributed by atoms with Gasteiger partial charge in [0.2, 0.25) is 0 Å². The summed E-state index contributed by atoms with van der Waals surface area (Å²) in [6.07, 6.45) is 1.96. The smallest absolute Gasteiger partial charge is 0.100 e. The van der Waals surface area contributed by atoms with Gasteiger partial charge in [0.15, 0.2) is 0 Å². The van der Waals surface area contributed by atoms with Crippen molar-refractivity contribution < 1.29 is 9.47 Å². The lowest BCUT2D eigenvalue weighted by Gasteiger charge is -2.38. The van der Waals surface area contributed by atoms with E-state index in [9.17, 15) is 0 Å². The fourth-order valence-electron chi connectivity index (χ4n) is 3.91. The average Bonchev–Trinajstić information content (AvgIpc) is 2.51. The monoisotopic (exact) mass is 226 g/mol. The highest BCUT2D eigenvalue weighted by Gasteiger charge is 2.63. The van der Waals surface area contributed by atoms with Crippen LogP contribution in [0.5, 0.6) is 0 Å². The van der Waals surface area contributed by atoms with Crippen molar-refractivity contribution in [2.75, 3.05) is 0 Å². The van der Waals surface area contributed by atoms with E-state index in [4.69, 9.17) is 9.47 Å². The quantitative estimate of drug-likeness (QED) is 0.735. The van der Waals surface area contributed by atoms with E-state index in [2.05, 4.69) is 41.5 Å². The first-order chi connectivity index (χ1) is 7.38. The van der Waals surface area contributed by atoms with Gasteiger partial charge < -0.3 is 9.47 Å². The molecule has 0 amide bonds. The molecule has 0 aliphatic carbocycles. The van der Waals surface area contributed by atoms with Crippen LogP contribution in [0.1, 0.15) is 48.0 Å². The van der Waals surface area contributed by atoms with Crippen LogP contribution in [-0.4, -0.2) is 23.9 Å². The Morgan fingerprint density at radius 1 is 1.12 bits per heavy atom. The first kappa shape index (κ1) is 12.4. The Morgan fingerprint density at radius 2 is 1.75 bits per heavy atom. The van der Waals surface area contributed by atoms with Gasteiger partial charge in [0.05, 0.1) is 18.3 Å². The molecule has 94 valence electrons. The molecule has 2 aliphatic heterocycles. The Balaban J connectivity index is 2.30. The molecular formula is C14H26O2. The molecule has 5 atom stereocenters. The predicted octanol–water partition coefficient (Wildman–Crippen LogP) is 3.25. The molecule has 0 saturated carbocycles. The van der Waals surface area contributed by atoms with Crippen LogP contribution in [0.25, 0.3) is 0 Å². The third kappa shape index (κ3) is 1.62. The second-order valence-electron chi connectivity index (χ2n) is 6.39. The maximum atomic E-state index is 6.32. The highest BCUT2D eigenvalue weighted by molar-refractivity contribution is 5.11. The molecule has 2 heteroatoms. The Bertz CT molecular complexity index is 261. The van der Waals surface area contributed by atoms with E-state index in [0.29, 0.717) is 23.9 Å². The van der Waals surface area contributed by atoms with Gasteiger partial charge in [-0.3, -0.25) is 0 Å². The molecule has 0 N–H and O–H groups in total. The lowest BCUT2D eigenvalue weighted by atomic mass is 9.73. The fraction of sp³-hybridized carbons (Fsp3) is 1.00. The zero-order valence-electron chi connectivity index (χ0n) is 11.5. The predicted molar refractivity (Wildman–Crippen MR) is 65.4 cm³/mol. The Labute approximate surface area is 99.7 Å². The van der Waals surface area contributed by atoms with Crippen molar-refractivity contribution in [1.82, 2.24) is 0 Å². The van der Waals surface area contributed by atoms with Crippen LogP contribution in [-0.2, 0) is 9.47 Å². The lowest BCUT2D eigenvalue weighted by Crippen LogP contribution is -2.46. The number of rotatable bonds is 3. The van der Waals surface area contributed by atoms with Crippen LogP contribution in [0.3, 0.4) is 0 Å². The van der Waals surface area contributed by atoms with E-state index in [1.165, 1.54) is 0 Å². The minimum Gasteiger partial charge on any atom is -0.369 e. The molecular weight excluding hydrogens is 200 g/mol. The zero-order valence-corrected chi connectivity index (χ0v) is 11.5. The number of fused-ring (bicyclic) bond motifs is 2. The molecule has 2 rings (SSSR count). The topological polar surface area (TPSA) is 18.5 Å². The van der Waals surface area contributed by atoms with Crippen molar-refractivity contribution in [2.45, 2.75) is 71.9 Å². The highest BCUT2D eigenvalue weighted by atomic mass is 16.6. The summed E-state index contributed by atoms with van der Waals surface area (Å²) in [5.41, 5.74) is -0.0214. The van der Waals surface area contributed by atoms with Crippen LogP contribution in [0, 0.1) is 17.8 Å². The lowest BCUT2D eigenvalue weighted by molar-refractivity contribution is -0.180. The molecule has 2 aliphatic rings. The standard InChI is InChI=1S/C14H26O2/c1-8(2)7-14-11(6)15-13(10(5)16-14)12(14)9(3)4/h8-13H,7H2,1-6H3/t10-,11-,12-,13-,14-/m0/s1.